The minimum atomic E-state index is -0.489. The van der Waals surface area contributed by atoms with Gasteiger partial charge in [-0.15, -0.1) is 0 Å². The number of carbonyl (C=O) groups is 3. The van der Waals surface area contributed by atoms with Crippen LogP contribution in [0.15, 0.2) is 18.2 Å². The minimum absolute atomic E-state index is 0.0217. The molecular weight excluding hydrogens is 406 g/mol. The first-order valence-electron chi connectivity index (χ1n) is 11.5. The lowest BCUT2D eigenvalue weighted by atomic mass is 9.81. The Morgan fingerprint density at radius 2 is 1.78 bits per heavy atom. The van der Waals surface area contributed by atoms with Crippen molar-refractivity contribution in [3.05, 3.63) is 29.3 Å². The van der Waals surface area contributed by atoms with Crippen LogP contribution in [0.3, 0.4) is 0 Å². The van der Waals surface area contributed by atoms with Crippen molar-refractivity contribution >= 4 is 23.3 Å². The molecule has 0 aliphatic carbocycles. The van der Waals surface area contributed by atoms with Crippen LogP contribution >= 0.6 is 0 Å². The third-order valence-corrected chi connectivity index (χ3v) is 6.32. The Morgan fingerprint density at radius 1 is 1.16 bits per heavy atom. The van der Waals surface area contributed by atoms with Gasteiger partial charge in [-0.25, -0.2) is 4.79 Å². The number of anilines is 1. The number of ether oxygens (including phenoxy) is 1. The molecule has 1 aliphatic heterocycles. The fraction of sp³-hybridized carbons (Fsp3) is 0.640. The number of nitrogens with one attached hydrogen (secondary N) is 2. The molecule has 7 nitrogen and oxygen atoms in total. The minimum Gasteiger partial charge on any atom is -0.444 e. The molecule has 1 aliphatic rings. The normalized spacial score (nSPS) is 16.9. The van der Waals surface area contributed by atoms with Gasteiger partial charge >= 0.3 is 6.09 Å². The first-order valence-corrected chi connectivity index (χ1v) is 11.5. The zero-order chi connectivity index (χ0) is 24.1. The molecule has 32 heavy (non-hydrogen) atoms. The fourth-order valence-electron chi connectivity index (χ4n) is 4.11. The molecular formula is C25H39N3O4. The molecule has 1 aromatic carbocycles. The number of amides is 1. The maximum Gasteiger partial charge on any atom is 0.410 e. The number of nitrogens with zero attached hydrogens (tertiary/aromatic N) is 1. The summed E-state index contributed by atoms with van der Waals surface area (Å²) >= 11 is 0. The van der Waals surface area contributed by atoms with Crippen molar-refractivity contribution in [2.24, 2.45) is 11.8 Å². The number of carbonyl (C=O) groups excluding carboxylic acids is 3. The van der Waals surface area contributed by atoms with Gasteiger partial charge < -0.3 is 20.3 Å². The molecule has 0 radical (unpaired) electrons. The summed E-state index contributed by atoms with van der Waals surface area (Å²) in [7, 11) is 1.82. The maximum atomic E-state index is 12.5. The number of likely N-dealkylation sites (tertiary alicyclic amines) is 1. The fourth-order valence-corrected chi connectivity index (χ4v) is 4.11. The van der Waals surface area contributed by atoms with Crippen LogP contribution < -0.4 is 10.6 Å². The Hall–Kier alpha value is -2.41. The van der Waals surface area contributed by atoms with E-state index in [1.807, 2.05) is 40.8 Å². The van der Waals surface area contributed by atoms with Gasteiger partial charge in [0.15, 0.2) is 0 Å². The topological polar surface area (TPSA) is 87.7 Å². The second-order valence-electron chi connectivity index (χ2n) is 9.87. The quantitative estimate of drug-likeness (QED) is 0.464. The standard InChI is InChI=1S/C25H39N3O4/c1-16-14-20(8-9-21(16)26-7)23(30)22(29)15-27-18(3)17(2)19-10-12-28(13-11-19)24(31)32-25(4,5)6/h8-9,14,17-19,26-27H,10-13,15H2,1-7H3/t17?,18-/m1/s1. The summed E-state index contributed by atoms with van der Waals surface area (Å²) in [6.07, 6.45) is 1.55. The summed E-state index contributed by atoms with van der Waals surface area (Å²) in [5.74, 6) is -0.135. The molecule has 2 N–H and O–H groups in total. The number of piperidine rings is 1. The van der Waals surface area contributed by atoms with Gasteiger partial charge in [-0.2, -0.15) is 0 Å². The summed E-state index contributed by atoms with van der Waals surface area (Å²) < 4.78 is 5.47. The van der Waals surface area contributed by atoms with Crippen molar-refractivity contribution in [2.75, 3.05) is 32.0 Å². The first-order chi connectivity index (χ1) is 14.9. The van der Waals surface area contributed by atoms with Gasteiger partial charge in [0.25, 0.3) is 0 Å². The van der Waals surface area contributed by atoms with E-state index >= 15 is 0 Å². The average molecular weight is 446 g/mol. The Labute approximate surface area is 192 Å². The van der Waals surface area contributed by atoms with E-state index in [9.17, 15) is 14.4 Å². The van der Waals surface area contributed by atoms with E-state index in [1.54, 1.807) is 17.0 Å². The predicted molar refractivity (Wildman–Crippen MR) is 127 cm³/mol. The summed E-state index contributed by atoms with van der Waals surface area (Å²) in [5, 5.41) is 6.30. The molecule has 2 atom stereocenters. The molecule has 0 saturated carbocycles. The van der Waals surface area contributed by atoms with E-state index in [0.29, 0.717) is 30.5 Å². The van der Waals surface area contributed by atoms with Gasteiger partial charge in [0, 0.05) is 37.4 Å². The number of ketones is 2. The van der Waals surface area contributed by atoms with Gasteiger partial charge in [-0.05, 0) is 83.1 Å². The number of aryl methyl sites for hydroxylation is 1. The van der Waals surface area contributed by atoms with E-state index in [-0.39, 0.29) is 18.7 Å². The molecule has 178 valence electrons. The molecule has 1 fully saturated rings. The third-order valence-electron chi connectivity index (χ3n) is 6.32. The zero-order valence-corrected chi connectivity index (χ0v) is 20.6. The summed E-state index contributed by atoms with van der Waals surface area (Å²) in [6, 6.07) is 5.33. The Kier molecular flexibility index (Phi) is 8.84. The number of hydrogen-bond acceptors (Lipinski definition) is 6. The van der Waals surface area contributed by atoms with Crippen LogP contribution in [0.5, 0.6) is 0 Å². The van der Waals surface area contributed by atoms with E-state index in [4.69, 9.17) is 4.74 Å². The maximum absolute atomic E-state index is 12.5. The van der Waals surface area contributed by atoms with Gasteiger partial charge in [0.1, 0.15) is 5.60 Å². The number of rotatable bonds is 8. The van der Waals surface area contributed by atoms with Crippen molar-refractivity contribution in [1.82, 2.24) is 10.2 Å². The Balaban J connectivity index is 1.82. The molecule has 1 aromatic rings. The lowest BCUT2D eigenvalue weighted by Gasteiger charge is -2.37. The molecule has 0 aromatic heterocycles. The van der Waals surface area contributed by atoms with Crippen molar-refractivity contribution in [3.63, 3.8) is 0 Å². The van der Waals surface area contributed by atoms with Crippen LogP contribution in [0.25, 0.3) is 0 Å². The second-order valence-corrected chi connectivity index (χ2v) is 9.87. The molecule has 1 amide bonds. The third kappa shape index (κ3) is 7.05. The van der Waals surface area contributed by atoms with Gasteiger partial charge in [-0.1, -0.05) is 6.92 Å². The van der Waals surface area contributed by atoms with Gasteiger partial charge in [-0.3, -0.25) is 9.59 Å². The van der Waals surface area contributed by atoms with Crippen LogP contribution in [0.2, 0.25) is 0 Å². The highest BCUT2D eigenvalue weighted by molar-refractivity contribution is 6.44. The van der Waals surface area contributed by atoms with Gasteiger partial charge in [0.05, 0.1) is 6.54 Å². The van der Waals surface area contributed by atoms with Crippen LogP contribution in [-0.4, -0.2) is 60.9 Å². The van der Waals surface area contributed by atoms with Crippen LogP contribution in [0, 0.1) is 18.8 Å². The van der Waals surface area contributed by atoms with Crippen molar-refractivity contribution < 1.29 is 19.1 Å². The smallest absolute Gasteiger partial charge is 0.410 e. The van der Waals surface area contributed by atoms with Crippen molar-refractivity contribution in [3.8, 4) is 0 Å². The number of hydrogen-bond donors (Lipinski definition) is 2. The van der Waals surface area contributed by atoms with Crippen molar-refractivity contribution in [2.45, 2.75) is 66.0 Å². The van der Waals surface area contributed by atoms with E-state index < -0.39 is 17.2 Å². The predicted octanol–water partition coefficient (Wildman–Crippen LogP) is 4.05. The second kappa shape index (κ2) is 10.9. The lowest BCUT2D eigenvalue weighted by Crippen LogP contribution is -2.46. The number of benzene rings is 1. The van der Waals surface area contributed by atoms with Gasteiger partial charge in [0.2, 0.25) is 11.6 Å². The van der Waals surface area contributed by atoms with E-state index in [1.165, 1.54) is 0 Å². The highest BCUT2D eigenvalue weighted by Crippen LogP contribution is 2.28. The first kappa shape index (κ1) is 25.8. The van der Waals surface area contributed by atoms with Crippen LogP contribution in [-0.2, 0) is 9.53 Å². The molecule has 7 heteroatoms. The molecule has 1 heterocycles. The largest absolute Gasteiger partial charge is 0.444 e. The van der Waals surface area contributed by atoms with Crippen LogP contribution in [0.4, 0.5) is 10.5 Å². The summed E-state index contributed by atoms with van der Waals surface area (Å²) in [6.45, 7) is 13.1. The number of Topliss-reactive ketones (excluding diaryl/α,β-unsaturated/α-hetero) is 2. The highest BCUT2D eigenvalue weighted by atomic mass is 16.6. The molecule has 2 rings (SSSR count). The van der Waals surface area contributed by atoms with E-state index in [2.05, 4.69) is 24.5 Å². The van der Waals surface area contributed by atoms with Crippen molar-refractivity contribution in [1.29, 1.82) is 0 Å². The lowest BCUT2D eigenvalue weighted by molar-refractivity contribution is -0.114. The van der Waals surface area contributed by atoms with E-state index in [0.717, 1.165) is 24.1 Å². The summed E-state index contributed by atoms with van der Waals surface area (Å²) in [5.41, 5.74) is 1.80. The SMILES string of the molecule is CNc1ccc(C(=O)C(=O)CN[C@H](C)C(C)C2CCN(C(=O)OC(C)(C)C)CC2)cc1C. The monoisotopic (exact) mass is 445 g/mol. The zero-order valence-electron chi connectivity index (χ0n) is 20.6. The molecule has 0 spiro atoms. The molecule has 1 unspecified atom stereocenters. The molecule has 1 saturated heterocycles. The Morgan fingerprint density at radius 3 is 2.31 bits per heavy atom. The summed E-state index contributed by atoms with van der Waals surface area (Å²) in [4.78, 5) is 39.0. The highest BCUT2D eigenvalue weighted by Gasteiger charge is 2.31. The average Bonchev–Trinajstić information content (AvgIpc) is 2.75. The molecule has 0 bridgehead atoms. The Bertz CT molecular complexity index is 823. The van der Waals surface area contributed by atoms with Crippen LogP contribution in [0.1, 0.15) is 63.4 Å².